The molecule has 0 saturated heterocycles. The van der Waals surface area contributed by atoms with E-state index < -0.39 is 18.0 Å². The Morgan fingerprint density at radius 3 is 2.65 bits per heavy atom. The number of nitrogens with zero attached hydrogens (tertiary/aromatic N) is 1. The summed E-state index contributed by atoms with van der Waals surface area (Å²) in [5.74, 6) is 0.408. The van der Waals surface area contributed by atoms with Crippen LogP contribution in [0.4, 0.5) is 4.79 Å². The predicted molar refractivity (Wildman–Crippen MR) is 76.5 cm³/mol. The fourth-order valence-corrected chi connectivity index (χ4v) is 1.64. The first-order valence-corrected chi connectivity index (χ1v) is 6.40. The van der Waals surface area contributed by atoms with Crippen LogP contribution in [0.1, 0.15) is 12.5 Å². The quantitative estimate of drug-likeness (QED) is 0.810. The number of hydrogen-bond donors (Lipinski definition) is 2. The topological polar surface area (TPSA) is 84.7 Å². The molecule has 0 bridgehead atoms. The summed E-state index contributed by atoms with van der Waals surface area (Å²) < 4.78 is 5.65. The van der Waals surface area contributed by atoms with E-state index in [0.29, 0.717) is 13.2 Å². The van der Waals surface area contributed by atoms with Gasteiger partial charge in [0.05, 0.1) is 6.04 Å². The molecule has 0 aliphatic rings. The van der Waals surface area contributed by atoms with Crippen LogP contribution in [0.3, 0.4) is 0 Å². The highest BCUT2D eigenvalue weighted by molar-refractivity contribution is 5.96. The Morgan fingerprint density at radius 1 is 1.40 bits per heavy atom. The van der Waals surface area contributed by atoms with E-state index in [1.54, 1.807) is 18.9 Å². The van der Waals surface area contributed by atoms with Gasteiger partial charge in [-0.2, -0.15) is 0 Å². The summed E-state index contributed by atoms with van der Waals surface area (Å²) in [6.45, 7) is 4.69. The van der Waals surface area contributed by atoms with Crippen molar-refractivity contribution in [3.8, 4) is 5.75 Å². The van der Waals surface area contributed by atoms with E-state index in [2.05, 4.69) is 5.32 Å². The Morgan fingerprint density at radius 2 is 2.05 bits per heavy atom. The Kier molecular flexibility index (Phi) is 5.99. The first-order chi connectivity index (χ1) is 9.41. The standard InChI is InChI=1S/C14H21N3O3/c1-10-6-4-5-7-12(10)20-9-8-17(3)11(2)13(18)16-14(15)19/h4-7,11H,8-9H2,1-3H3,(H3,15,16,18,19). The number of imide groups is 1. The van der Waals surface area contributed by atoms with Gasteiger partial charge >= 0.3 is 6.03 Å². The molecule has 1 aromatic rings. The summed E-state index contributed by atoms with van der Waals surface area (Å²) in [5.41, 5.74) is 5.97. The maximum atomic E-state index is 11.6. The Hall–Kier alpha value is -2.08. The summed E-state index contributed by atoms with van der Waals surface area (Å²) >= 11 is 0. The number of hydrogen-bond acceptors (Lipinski definition) is 4. The minimum Gasteiger partial charge on any atom is -0.492 e. The third-order valence-electron chi connectivity index (χ3n) is 3.08. The number of carbonyl (C=O) groups is 2. The molecule has 0 heterocycles. The Balaban J connectivity index is 2.39. The van der Waals surface area contributed by atoms with Gasteiger partial charge in [0, 0.05) is 6.54 Å². The molecular formula is C14H21N3O3. The first-order valence-electron chi connectivity index (χ1n) is 6.40. The van der Waals surface area contributed by atoms with Crippen LogP contribution in [0.2, 0.25) is 0 Å². The molecule has 0 aromatic heterocycles. The summed E-state index contributed by atoms with van der Waals surface area (Å²) in [6.07, 6.45) is 0. The number of benzene rings is 1. The van der Waals surface area contributed by atoms with E-state index in [-0.39, 0.29) is 0 Å². The number of carbonyl (C=O) groups excluding carboxylic acids is 2. The minimum atomic E-state index is -0.841. The molecule has 0 fully saturated rings. The molecule has 3 N–H and O–H groups in total. The highest BCUT2D eigenvalue weighted by Crippen LogP contribution is 2.15. The highest BCUT2D eigenvalue weighted by Gasteiger charge is 2.18. The van der Waals surface area contributed by atoms with Gasteiger partial charge in [-0.1, -0.05) is 18.2 Å². The molecule has 110 valence electrons. The fourth-order valence-electron chi connectivity index (χ4n) is 1.64. The second kappa shape index (κ2) is 7.49. The number of aryl methyl sites for hydroxylation is 1. The average Bonchev–Trinajstić information content (AvgIpc) is 2.39. The third-order valence-corrected chi connectivity index (χ3v) is 3.08. The second-order valence-electron chi connectivity index (χ2n) is 4.62. The lowest BCUT2D eigenvalue weighted by molar-refractivity contribution is -0.124. The molecule has 0 saturated carbocycles. The number of rotatable bonds is 6. The first kappa shape index (κ1) is 16.0. The number of primary amides is 1. The zero-order valence-corrected chi connectivity index (χ0v) is 12.1. The van der Waals surface area contributed by atoms with Crippen LogP contribution in [0.25, 0.3) is 0 Å². The summed E-state index contributed by atoms with van der Waals surface area (Å²) in [5, 5.41) is 2.06. The molecule has 1 unspecified atom stereocenters. The van der Waals surface area contributed by atoms with E-state index in [1.165, 1.54) is 0 Å². The molecule has 1 aromatic carbocycles. The molecule has 6 nitrogen and oxygen atoms in total. The number of amides is 3. The summed E-state index contributed by atoms with van der Waals surface area (Å²) in [7, 11) is 1.78. The average molecular weight is 279 g/mol. The maximum absolute atomic E-state index is 11.6. The molecule has 0 radical (unpaired) electrons. The van der Waals surface area contributed by atoms with Crippen molar-refractivity contribution in [3.63, 3.8) is 0 Å². The van der Waals surface area contributed by atoms with E-state index in [9.17, 15) is 9.59 Å². The monoisotopic (exact) mass is 279 g/mol. The normalized spacial score (nSPS) is 12.0. The third kappa shape index (κ3) is 4.89. The number of likely N-dealkylation sites (N-methyl/N-ethyl adjacent to an activating group) is 1. The highest BCUT2D eigenvalue weighted by atomic mass is 16.5. The van der Waals surface area contributed by atoms with Gasteiger partial charge in [-0.15, -0.1) is 0 Å². The zero-order chi connectivity index (χ0) is 15.1. The lowest BCUT2D eigenvalue weighted by Crippen LogP contribution is -2.47. The van der Waals surface area contributed by atoms with E-state index >= 15 is 0 Å². The second-order valence-corrected chi connectivity index (χ2v) is 4.62. The SMILES string of the molecule is Cc1ccccc1OCCN(C)C(C)C(=O)NC(N)=O. The van der Waals surface area contributed by atoms with Crippen molar-refractivity contribution < 1.29 is 14.3 Å². The fraction of sp³-hybridized carbons (Fsp3) is 0.429. The van der Waals surface area contributed by atoms with E-state index in [0.717, 1.165) is 11.3 Å². The summed E-state index contributed by atoms with van der Waals surface area (Å²) in [4.78, 5) is 24.0. The number of nitrogens with one attached hydrogen (secondary N) is 1. The van der Waals surface area contributed by atoms with Crippen LogP contribution in [0, 0.1) is 6.92 Å². The van der Waals surface area contributed by atoms with Crippen LogP contribution in [-0.2, 0) is 4.79 Å². The largest absolute Gasteiger partial charge is 0.492 e. The van der Waals surface area contributed by atoms with Crippen LogP contribution >= 0.6 is 0 Å². The van der Waals surface area contributed by atoms with Crippen LogP contribution in [0.5, 0.6) is 5.75 Å². The van der Waals surface area contributed by atoms with Gasteiger partial charge in [-0.05, 0) is 32.5 Å². The van der Waals surface area contributed by atoms with Crippen molar-refractivity contribution in [2.24, 2.45) is 5.73 Å². The molecule has 3 amide bonds. The smallest absolute Gasteiger partial charge is 0.318 e. The molecule has 0 aliphatic heterocycles. The van der Waals surface area contributed by atoms with Crippen molar-refractivity contribution in [1.82, 2.24) is 10.2 Å². The van der Waals surface area contributed by atoms with Crippen LogP contribution in [-0.4, -0.2) is 43.1 Å². The number of urea groups is 1. The molecule has 0 spiro atoms. The molecular weight excluding hydrogens is 258 g/mol. The van der Waals surface area contributed by atoms with Gasteiger partial charge in [-0.25, -0.2) is 4.79 Å². The number of para-hydroxylation sites is 1. The lowest BCUT2D eigenvalue weighted by Gasteiger charge is -2.23. The van der Waals surface area contributed by atoms with Crippen molar-refractivity contribution in [1.29, 1.82) is 0 Å². The van der Waals surface area contributed by atoms with Crippen LogP contribution in [0.15, 0.2) is 24.3 Å². The van der Waals surface area contributed by atoms with E-state index in [4.69, 9.17) is 10.5 Å². The lowest BCUT2D eigenvalue weighted by atomic mass is 10.2. The Labute approximate surface area is 118 Å². The number of nitrogens with two attached hydrogens (primary N) is 1. The van der Waals surface area contributed by atoms with Gasteiger partial charge in [0.1, 0.15) is 12.4 Å². The van der Waals surface area contributed by atoms with Gasteiger partial charge < -0.3 is 10.5 Å². The van der Waals surface area contributed by atoms with Gasteiger partial charge in [0.25, 0.3) is 0 Å². The number of ether oxygens (including phenoxy) is 1. The molecule has 1 atom stereocenters. The van der Waals surface area contributed by atoms with Gasteiger partial charge in [0.2, 0.25) is 5.91 Å². The molecule has 0 aliphatic carbocycles. The van der Waals surface area contributed by atoms with E-state index in [1.807, 2.05) is 31.2 Å². The maximum Gasteiger partial charge on any atom is 0.318 e. The molecule has 1 rings (SSSR count). The van der Waals surface area contributed by atoms with Crippen molar-refractivity contribution in [3.05, 3.63) is 29.8 Å². The zero-order valence-electron chi connectivity index (χ0n) is 12.1. The Bertz CT molecular complexity index is 476. The molecule has 6 heteroatoms. The predicted octanol–water partition coefficient (Wildman–Crippen LogP) is 0.889. The van der Waals surface area contributed by atoms with Crippen LogP contribution < -0.4 is 15.8 Å². The summed E-state index contributed by atoms with van der Waals surface area (Å²) in [6, 6.07) is 6.44. The molecule has 20 heavy (non-hydrogen) atoms. The van der Waals surface area contributed by atoms with Crippen molar-refractivity contribution in [2.75, 3.05) is 20.2 Å². The van der Waals surface area contributed by atoms with Gasteiger partial charge in [-0.3, -0.25) is 15.0 Å². The van der Waals surface area contributed by atoms with Crippen molar-refractivity contribution in [2.45, 2.75) is 19.9 Å². The minimum absolute atomic E-state index is 0.420. The van der Waals surface area contributed by atoms with Gasteiger partial charge in [0.15, 0.2) is 0 Å². The van der Waals surface area contributed by atoms with Crippen molar-refractivity contribution >= 4 is 11.9 Å².